The number of carboxylic acids is 1. The van der Waals surface area contributed by atoms with Crippen molar-refractivity contribution in [3.63, 3.8) is 0 Å². The van der Waals surface area contributed by atoms with Gasteiger partial charge in [-0.1, -0.05) is 60.7 Å². The molecule has 1 fully saturated rings. The third-order valence-electron chi connectivity index (χ3n) is 4.82. The number of carbonyl (C=O) groups excluding carboxylic acids is 1. The van der Waals surface area contributed by atoms with Crippen molar-refractivity contribution < 1.29 is 14.7 Å². The molecule has 1 aliphatic heterocycles. The van der Waals surface area contributed by atoms with Crippen LogP contribution in [-0.4, -0.2) is 41.0 Å². The maximum atomic E-state index is 12.6. The monoisotopic (exact) mass is 352 g/mol. The molecule has 2 N–H and O–H groups in total. The number of hydrogen-bond donors (Lipinski definition) is 2. The molecule has 2 atom stereocenters. The van der Waals surface area contributed by atoms with E-state index >= 15 is 0 Å². The lowest BCUT2D eigenvalue weighted by atomic mass is 9.99. The zero-order chi connectivity index (χ0) is 18.4. The molecule has 2 aromatic rings. The highest BCUT2D eigenvalue weighted by molar-refractivity contribution is 5.80. The molecule has 26 heavy (non-hydrogen) atoms. The van der Waals surface area contributed by atoms with Crippen LogP contribution in [0.25, 0.3) is 0 Å². The quantitative estimate of drug-likeness (QED) is 0.804. The SMILES string of the molecule is O=C(CN1CCC[C@H]1C(=O)O)NC(Cc1ccccc1)c1ccccc1. The van der Waals surface area contributed by atoms with Crippen LogP contribution in [0.2, 0.25) is 0 Å². The minimum Gasteiger partial charge on any atom is -0.480 e. The van der Waals surface area contributed by atoms with E-state index in [1.165, 1.54) is 0 Å². The summed E-state index contributed by atoms with van der Waals surface area (Å²) >= 11 is 0. The molecule has 2 aromatic carbocycles. The molecule has 1 aliphatic rings. The number of carbonyl (C=O) groups is 2. The molecule has 0 saturated carbocycles. The average molecular weight is 352 g/mol. The van der Waals surface area contributed by atoms with E-state index in [-0.39, 0.29) is 18.5 Å². The summed E-state index contributed by atoms with van der Waals surface area (Å²) < 4.78 is 0. The minimum atomic E-state index is -0.848. The van der Waals surface area contributed by atoms with Gasteiger partial charge in [-0.05, 0) is 36.9 Å². The third kappa shape index (κ3) is 4.70. The van der Waals surface area contributed by atoms with E-state index < -0.39 is 12.0 Å². The largest absolute Gasteiger partial charge is 0.480 e. The molecule has 0 aromatic heterocycles. The zero-order valence-electron chi connectivity index (χ0n) is 14.7. The number of aliphatic carboxylic acids is 1. The van der Waals surface area contributed by atoms with E-state index in [0.717, 1.165) is 17.5 Å². The van der Waals surface area contributed by atoms with Crippen molar-refractivity contribution >= 4 is 11.9 Å². The van der Waals surface area contributed by atoms with E-state index in [1.807, 2.05) is 60.7 Å². The molecule has 3 rings (SSSR count). The number of rotatable bonds is 7. The van der Waals surface area contributed by atoms with E-state index in [0.29, 0.717) is 19.4 Å². The van der Waals surface area contributed by atoms with Crippen LogP contribution in [-0.2, 0) is 16.0 Å². The van der Waals surface area contributed by atoms with Crippen LogP contribution < -0.4 is 5.32 Å². The zero-order valence-corrected chi connectivity index (χ0v) is 14.7. The van der Waals surface area contributed by atoms with E-state index in [4.69, 9.17) is 0 Å². The van der Waals surface area contributed by atoms with Gasteiger partial charge in [-0.25, -0.2) is 0 Å². The fourth-order valence-corrected chi connectivity index (χ4v) is 3.51. The Balaban J connectivity index is 1.69. The van der Waals surface area contributed by atoms with Crippen LogP contribution in [0, 0.1) is 0 Å². The molecule has 1 saturated heterocycles. The van der Waals surface area contributed by atoms with Gasteiger partial charge in [0.15, 0.2) is 0 Å². The number of carboxylic acid groups (broad SMARTS) is 1. The summed E-state index contributed by atoms with van der Waals surface area (Å²) in [6.07, 6.45) is 2.12. The lowest BCUT2D eigenvalue weighted by molar-refractivity contribution is -0.142. The van der Waals surface area contributed by atoms with Gasteiger partial charge in [0.1, 0.15) is 6.04 Å². The summed E-state index contributed by atoms with van der Waals surface area (Å²) in [5, 5.41) is 12.4. The van der Waals surface area contributed by atoms with Crippen molar-refractivity contribution in [1.29, 1.82) is 0 Å². The van der Waals surface area contributed by atoms with Gasteiger partial charge in [0.05, 0.1) is 12.6 Å². The lowest BCUT2D eigenvalue weighted by Gasteiger charge is -2.24. The molecular weight excluding hydrogens is 328 g/mol. The maximum absolute atomic E-state index is 12.6. The normalized spacial score (nSPS) is 18.4. The Bertz CT molecular complexity index is 733. The Morgan fingerprint density at radius 1 is 1.08 bits per heavy atom. The number of amides is 1. The van der Waals surface area contributed by atoms with E-state index in [1.54, 1.807) is 4.90 Å². The topological polar surface area (TPSA) is 69.6 Å². The van der Waals surface area contributed by atoms with Crippen LogP contribution in [0.15, 0.2) is 60.7 Å². The average Bonchev–Trinajstić information content (AvgIpc) is 3.11. The highest BCUT2D eigenvalue weighted by Gasteiger charge is 2.32. The Morgan fingerprint density at radius 3 is 2.38 bits per heavy atom. The van der Waals surface area contributed by atoms with E-state index in [2.05, 4.69) is 5.32 Å². The highest BCUT2D eigenvalue weighted by atomic mass is 16.4. The summed E-state index contributed by atoms with van der Waals surface area (Å²) in [5.74, 6) is -0.984. The first kappa shape index (κ1) is 18.1. The highest BCUT2D eigenvalue weighted by Crippen LogP contribution is 2.20. The molecule has 1 unspecified atom stereocenters. The number of nitrogens with zero attached hydrogens (tertiary/aromatic N) is 1. The van der Waals surface area contributed by atoms with Crippen molar-refractivity contribution in [3.8, 4) is 0 Å². The van der Waals surface area contributed by atoms with Gasteiger partial charge in [-0.3, -0.25) is 14.5 Å². The third-order valence-corrected chi connectivity index (χ3v) is 4.82. The van der Waals surface area contributed by atoms with Gasteiger partial charge in [0.25, 0.3) is 0 Å². The van der Waals surface area contributed by atoms with Crippen molar-refractivity contribution in [2.24, 2.45) is 0 Å². The molecule has 0 bridgehead atoms. The van der Waals surface area contributed by atoms with E-state index in [9.17, 15) is 14.7 Å². The van der Waals surface area contributed by atoms with Gasteiger partial charge in [-0.15, -0.1) is 0 Å². The Labute approximate surface area is 153 Å². The molecule has 0 spiro atoms. The summed E-state index contributed by atoms with van der Waals surface area (Å²) in [5.41, 5.74) is 2.19. The molecule has 5 nitrogen and oxygen atoms in total. The first-order valence-corrected chi connectivity index (χ1v) is 8.98. The lowest BCUT2D eigenvalue weighted by Crippen LogP contribution is -2.44. The van der Waals surface area contributed by atoms with Crippen LogP contribution in [0.5, 0.6) is 0 Å². The maximum Gasteiger partial charge on any atom is 0.320 e. The standard InChI is InChI=1S/C21H24N2O3/c24-20(15-23-13-7-12-19(23)21(25)26)22-18(17-10-5-2-6-11-17)14-16-8-3-1-4-9-16/h1-6,8-11,18-19H,7,12-15H2,(H,22,24)(H,25,26)/t18?,19-/m0/s1. The van der Waals surface area contributed by atoms with Crippen molar-refractivity contribution in [2.75, 3.05) is 13.1 Å². The van der Waals surface area contributed by atoms with Gasteiger partial charge in [-0.2, -0.15) is 0 Å². The number of nitrogens with one attached hydrogen (secondary N) is 1. The number of benzene rings is 2. The van der Waals surface area contributed by atoms with Crippen LogP contribution in [0.1, 0.15) is 30.0 Å². The summed E-state index contributed by atoms with van der Waals surface area (Å²) in [6, 6.07) is 19.2. The second-order valence-corrected chi connectivity index (χ2v) is 6.69. The second kappa shape index (κ2) is 8.63. The van der Waals surface area contributed by atoms with Gasteiger partial charge < -0.3 is 10.4 Å². The molecule has 5 heteroatoms. The molecule has 0 aliphatic carbocycles. The first-order valence-electron chi connectivity index (χ1n) is 8.98. The Kier molecular flexibility index (Phi) is 6.02. The van der Waals surface area contributed by atoms with Crippen LogP contribution >= 0.6 is 0 Å². The first-order chi connectivity index (χ1) is 12.6. The number of likely N-dealkylation sites (tertiary alicyclic amines) is 1. The fourth-order valence-electron chi connectivity index (χ4n) is 3.51. The number of hydrogen-bond acceptors (Lipinski definition) is 3. The summed E-state index contributed by atoms with van der Waals surface area (Å²) in [6.45, 7) is 0.772. The van der Waals surface area contributed by atoms with Crippen LogP contribution in [0.3, 0.4) is 0 Å². The molecule has 136 valence electrons. The van der Waals surface area contributed by atoms with Gasteiger partial charge in [0, 0.05) is 0 Å². The second-order valence-electron chi connectivity index (χ2n) is 6.69. The summed E-state index contributed by atoms with van der Waals surface area (Å²) in [7, 11) is 0. The van der Waals surface area contributed by atoms with Crippen molar-refractivity contribution in [3.05, 3.63) is 71.8 Å². The van der Waals surface area contributed by atoms with Crippen LogP contribution in [0.4, 0.5) is 0 Å². The Hall–Kier alpha value is -2.66. The van der Waals surface area contributed by atoms with Crippen molar-refractivity contribution in [1.82, 2.24) is 10.2 Å². The minimum absolute atomic E-state index is 0.120. The fraction of sp³-hybridized carbons (Fsp3) is 0.333. The predicted molar refractivity (Wildman–Crippen MR) is 99.7 cm³/mol. The molecule has 1 heterocycles. The summed E-state index contributed by atoms with van der Waals surface area (Å²) in [4.78, 5) is 25.7. The Morgan fingerprint density at radius 2 is 1.73 bits per heavy atom. The predicted octanol–water partition coefficient (Wildman–Crippen LogP) is 2.64. The molecule has 0 radical (unpaired) electrons. The molecular formula is C21H24N2O3. The molecule has 1 amide bonds. The van der Waals surface area contributed by atoms with Gasteiger partial charge >= 0.3 is 5.97 Å². The van der Waals surface area contributed by atoms with Gasteiger partial charge in [0.2, 0.25) is 5.91 Å². The smallest absolute Gasteiger partial charge is 0.320 e. The van der Waals surface area contributed by atoms with Crippen molar-refractivity contribution in [2.45, 2.75) is 31.3 Å².